The Hall–Kier alpha value is -4.24. The SMILES string of the molecule is O=[N+]([O-])c1c(Nc2ccc(Oc3ccccc3)cc2)ncnc1Nc1ccc(Cl)cn1. The van der Waals surface area contributed by atoms with Crippen molar-refractivity contribution in [3.63, 3.8) is 0 Å². The molecular formula is C21H15ClN6O3. The van der Waals surface area contributed by atoms with E-state index in [1.54, 1.807) is 36.4 Å². The van der Waals surface area contributed by atoms with Gasteiger partial charge in [0.15, 0.2) is 0 Å². The molecule has 2 heterocycles. The molecule has 0 amide bonds. The van der Waals surface area contributed by atoms with E-state index in [9.17, 15) is 10.1 Å². The summed E-state index contributed by atoms with van der Waals surface area (Å²) in [5.74, 6) is 1.74. The van der Waals surface area contributed by atoms with Gasteiger partial charge < -0.3 is 15.4 Å². The molecule has 0 aliphatic rings. The number of nitrogens with zero attached hydrogens (tertiary/aromatic N) is 4. The Morgan fingerprint density at radius 2 is 1.52 bits per heavy atom. The molecule has 0 saturated carbocycles. The molecule has 9 nitrogen and oxygen atoms in total. The zero-order valence-electron chi connectivity index (χ0n) is 15.9. The zero-order valence-corrected chi connectivity index (χ0v) is 16.7. The van der Waals surface area contributed by atoms with Crippen molar-refractivity contribution in [2.45, 2.75) is 0 Å². The second kappa shape index (κ2) is 9.06. The van der Waals surface area contributed by atoms with Crippen LogP contribution in [0.15, 0.2) is 79.3 Å². The van der Waals surface area contributed by atoms with E-state index in [4.69, 9.17) is 16.3 Å². The van der Waals surface area contributed by atoms with Crippen molar-refractivity contribution in [2.24, 2.45) is 0 Å². The van der Waals surface area contributed by atoms with Crippen LogP contribution in [-0.2, 0) is 0 Å². The van der Waals surface area contributed by atoms with Gasteiger partial charge in [-0.2, -0.15) is 0 Å². The van der Waals surface area contributed by atoms with Gasteiger partial charge in [0.2, 0.25) is 11.6 Å². The van der Waals surface area contributed by atoms with Crippen LogP contribution in [0, 0.1) is 10.1 Å². The van der Waals surface area contributed by atoms with Gasteiger partial charge in [-0.25, -0.2) is 15.0 Å². The molecule has 0 saturated heterocycles. The Kier molecular flexibility index (Phi) is 5.86. The van der Waals surface area contributed by atoms with E-state index < -0.39 is 4.92 Å². The highest BCUT2D eigenvalue weighted by Crippen LogP contribution is 2.33. The predicted molar refractivity (Wildman–Crippen MR) is 117 cm³/mol. The number of nitro groups is 1. The molecule has 0 aliphatic heterocycles. The number of hydrogen-bond donors (Lipinski definition) is 2. The third kappa shape index (κ3) is 5.03. The maximum atomic E-state index is 11.7. The van der Waals surface area contributed by atoms with Crippen molar-refractivity contribution < 1.29 is 9.66 Å². The molecule has 0 radical (unpaired) electrons. The van der Waals surface area contributed by atoms with E-state index in [0.717, 1.165) is 0 Å². The van der Waals surface area contributed by atoms with Crippen LogP contribution in [-0.4, -0.2) is 19.9 Å². The number of hydrogen-bond acceptors (Lipinski definition) is 8. The van der Waals surface area contributed by atoms with Crippen molar-refractivity contribution in [3.8, 4) is 11.5 Å². The van der Waals surface area contributed by atoms with Gasteiger partial charge in [0.05, 0.1) is 9.95 Å². The minimum atomic E-state index is -0.562. The summed E-state index contributed by atoms with van der Waals surface area (Å²) in [6, 6.07) is 19.5. The lowest BCUT2D eigenvalue weighted by Gasteiger charge is -2.10. The van der Waals surface area contributed by atoms with Gasteiger partial charge in [0.25, 0.3) is 0 Å². The Balaban J connectivity index is 1.55. The molecule has 0 bridgehead atoms. The first-order chi connectivity index (χ1) is 15.1. The van der Waals surface area contributed by atoms with Gasteiger partial charge in [-0.3, -0.25) is 10.1 Å². The molecule has 2 aromatic heterocycles. The molecule has 4 rings (SSSR count). The Morgan fingerprint density at radius 3 is 2.16 bits per heavy atom. The monoisotopic (exact) mass is 434 g/mol. The summed E-state index contributed by atoms with van der Waals surface area (Å²) in [5, 5.41) is 17.9. The Bertz CT molecular complexity index is 1190. The predicted octanol–water partition coefficient (Wildman–Crippen LogP) is 5.71. The zero-order chi connectivity index (χ0) is 21.6. The Morgan fingerprint density at radius 1 is 0.839 bits per heavy atom. The number of aromatic nitrogens is 3. The van der Waals surface area contributed by atoms with Crippen molar-refractivity contribution in [1.82, 2.24) is 15.0 Å². The summed E-state index contributed by atoms with van der Waals surface area (Å²) in [7, 11) is 0. The van der Waals surface area contributed by atoms with E-state index in [2.05, 4.69) is 25.6 Å². The highest BCUT2D eigenvalue weighted by atomic mass is 35.5. The van der Waals surface area contributed by atoms with Gasteiger partial charge in [0, 0.05) is 11.9 Å². The molecule has 0 spiro atoms. The summed E-state index contributed by atoms with van der Waals surface area (Å²) >= 11 is 5.83. The van der Waals surface area contributed by atoms with Gasteiger partial charge >= 0.3 is 5.69 Å². The number of rotatable bonds is 7. The van der Waals surface area contributed by atoms with Crippen LogP contribution in [0.4, 0.5) is 28.8 Å². The molecule has 0 fully saturated rings. The summed E-state index contributed by atoms with van der Waals surface area (Å²) in [6.07, 6.45) is 2.65. The van der Waals surface area contributed by atoms with Crippen LogP contribution in [0.25, 0.3) is 0 Å². The summed E-state index contributed by atoms with van der Waals surface area (Å²) in [5.41, 5.74) is 0.279. The average Bonchev–Trinajstić information content (AvgIpc) is 2.77. The van der Waals surface area contributed by atoms with Crippen LogP contribution in [0.3, 0.4) is 0 Å². The fraction of sp³-hybridized carbons (Fsp3) is 0. The molecule has 154 valence electrons. The van der Waals surface area contributed by atoms with Crippen molar-refractivity contribution in [3.05, 3.63) is 94.4 Å². The molecule has 0 atom stereocenters. The molecule has 0 unspecified atom stereocenters. The molecular weight excluding hydrogens is 420 g/mol. The summed E-state index contributed by atoms with van der Waals surface area (Å²) in [4.78, 5) is 23.2. The fourth-order valence-electron chi connectivity index (χ4n) is 2.67. The van der Waals surface area contributed by atoms with Crippen LogP contribution in [0.2, 0.25) is 5.02 Å². The number of nitrogens with one attached hydrogen (secondary N) is 2. The van der Waals surface area contributed by atoms with Gasteiger partial charge in [-0.05, 0) is 48.5 Å². The van der Waals surface area contributed by atoms with E-state index in [-0.39, 0.29) is 17.3 Å². The lowest BCUT2D eigenvalue weighted by atomic mass is 10.3. The van der Waals surface area contributed by atoms with Gasteiger partial charge in [-0.1, -0.05) is 29.8 Å². The van der Waals surface area contributed by atoms with Gasteiger partial charge in [0.1, 0.15) is 23.6 Å². The van der Waals surface area contributed by atoms with Crippen molar-refractivity contribution in [2.75, 3.05) is 10.6 Å². The van der Waals surface area contributed by atoms with Crippen LogP contribution >= 0.6 is 11.6 Å². The first kappa shape index (κ1) is 20.0. The van der Waals surface area contributed by atoms with Crippen molar-refractivity contribution in [1.29, 1.82) is 0 Å². The minimum Gasteiger partial charge on any atom is -0.457 e. The third-order valence-corrected chi connectivity index (χ3v) is 4.30. The molecule has 0 aliphatic carbocycles. The Labute approximate surface area is 181 Å². The summed E-state index contributed by atoms with van der Waals surface area (Å²) < 4.78 is 5.75. The second-order valence-corrected chi connectivity index (χ2v) is 6.66. The topological polar surface area (TPSA) is 115 Å². The quantitative estimate of drug-likeness (QED) is 0.280. The first-order valence-electron chi connectivity index (χ1n) is 9.06. The van der Waals surface area contributed by atoms with E-state index in [1.807, 2.05) is 30.3 Å². The largest absolute Gasteiger partial charge is 0.457 e. The second-order valence-electron chi connectivity index (χ2n) is 6.23. The molecule has 2 aromatic carbocycles. The molecule has 4 aromatic rings. The average molecular weight is 435 g/mol. The molecule has 2 N–H and O–H groups in total. The lowest BCUT2D eigenvalue weighted by molar-refractivity contribution is -0.383. The maximum Gasteiger partial charge on any atom is 0.353 e. The molecule has 31 heavy (non-hydrogen) atoms. The maximum absolute atomic E-state index is 11.7. The smallest absolute Gasteiger partial charge is 0.353 e. The standard InChI is InChI=1S/C21H15ClN6O3/c22-14-6-11-18(23-12-14)27-21-19(28(29)30)20(24-13-25-21)26-15-7-9-17(10-8-15)31-16-4-2-1-3-5-16/h1-13H,(H2,23,24,25,26,27). The number of benzene rings is 2. The lowest BCUT2D eigenvalue weighted by Crippen LogP contribution is -2.06. The minimum absolute atomic E-state index is 0.00125. The highest BCUT2D eigenvalue weighted by Gasteiger charge is 2.23. The normalized spacial score (nSPS) is 10.4. The van der Waals surface area contributed by atoms with Crippen LogP contribution in [0.1, 0.15) is 0 Å². The first-order valence-corrected chi connectivity index (χ1v) is 9.44. The van der Waals surface area contributed by atoms with Gasteiger partial charge in [-0.15, -0.1) is 0 Å². The summed E-state index contributed by atoms with van der Waals surface area (Å²) in [6.45, 7) is 0. The molecule has 10 heteroatoms. The van der Waals surface area contributed by atoms with E-state index in [1.165, 1.54) is 12.5 Å². The van der Waals surface area contributed by atoms with Crippen LogP contribution in [0.5, 0.6) is 11.5 Å². The number of anilines is 4. The van der Waals surface area contributed by atoms with Crippen molar-refractivity contribution >= 4 is 40.4 Å². The van der Waals surface area contributed by atoms with E-state index in [0.29, 0.717) is 28.0 Å². The third-order valence-electron chi connectivity index (χ3n) is 4.07. The number of halogens is 1. The number of para-hydroxylation sites is 1. The highest BCUT2D eigenvalue weighted by molar-refractivity contribution is 6.30. The number of ether oxygens (including phenoxy) is 1. The van der Waals surface area contributed by atoms with E-state index >= 15 is 0 Å². The van der Waals surface area contributed by atoms with Crippen LogP contribution < -0.4 is 15.4 Å². The fourth-order valence-corrected chi connectivity index (χ4v) is 2.79. The number of pyridine rings is 1.